The van der Waals surface area contributed by atoms with Crippen molar-refractivity contribution >= 4 is 0 Å². The molecule has 0 aromatic heterocycles. The summed E-state index contributed by atoms with van der Waals surface area (Å²) in [5.41, 5.74) is 1.91. The Morgan fingerprint density at radius 1 is 1.32 bits per heavy atom. The lowest BCUT2D eigenvalue weighted by molar-refractivity contribution is 0.284. The van der Waals surface area contributed by atoms with Crippen molar-refractivity contribution in [2.24, 2.45) is 0 Å². The van der Waals surface area contributed by atoms with Crippen molar-refractivity contribution in [2.45, 2.75) is 33.2 Å². The summed E-state index contributed by atoms with van der Waals surface area (Å²) in [5, 5.41) is 12.4. The Morgan fingerprint density at radius 3 is 2.74 bits per heavy atom. The van der Waals surface area contributed by atoms with Crippen LogP contribution in [0.5, 0.6) is 0 Å². The molecule has 0 fully saturated rings. The van der Waals surface area contributed by atoms with Crippen LogP contribution in [-0.4, -0.2) is 31.1 Å². The van der Waals surface area contributed by atoms with E-state index in [2.05, 4.69) is 43.1 Å². The van der Waals surface area contributed by atoms with Gasteiger partial charge >= 0.3 is 0 Å². The van der Waals surface area contributed by atoms with E-state index < -0.39 is 0 Å². The van der Waals surface area contributed by atoms with Gasteiger partial charge < -0.3 is 10.2 Å². The third-order valence-electron chi connectivity index (χ3n) is 3.38. The van der Waals surface area contributed by atoms with Crippen molar-refractivity contribution in [1.82, 2.24) is 10.2 Å². The molecule has 104 valence electrons. The van der Waals surface area contributed by atoms with Crippen molar-refractivity contribution < 1.29 is 0 Å². The number of nitriles is 1. The molecule has 3 nitrogen and oxygen atoms in total. The Balaban J connectivity index is 2.42. The lowest BCUT2D eigenvalue weighted by Crippen LogP contribution is -2.33. The fourth-order valence-electron chi connectivity index (χ4n) is 2.18. The van der Waals surface area contributed by atoms with Crippen LogP contribution in [-0.2, 0) is 0 Å². The zero-order chi connectivity index (χ0) is 14.1. The SMILES string of the molecule is CCCN(CC)CCNC(C)c1cccc(C#N)c1. The quantitative estimate of drug-likeness (QED) is 0.780. The minimum absolute atomic E-state index is 0.286. The first kappa shape index (κ1) is 15.7. The fourth-order valence-corrected chi connectivity index (χ4v) is 2.18. The van der Waals surface area contributed by atoms with E-state index in [1.807, 2.05) is 18.2 Å². The highest BCUT2D eigenvalue weighted by Gasteiger charge is 2.06. The van der Waals surface area contributed by atoms with Crippen molar-refractivity contribution in [3.05, 3.63) is 35.4 Å². The van der Waals surface area contributed by atoms with E-state index in [1.165, 1.54) is 12.0 Å². The molecule has 0 spiro atoms. The minimum atomic E-state index is 0.286. The molecule has 0 aliphatic heterocycles. The van der Waals surface area contributed by atoms with E-state index in [0.717, 1.165) is 31.7 Å². The minimum Gasteiger partial charge on any atom is -0.309 e. The number of nitrogens with one attached hydrogen (secondary N) is 1. The van der Waals surface area contributed by atoms with Gasteiger partial charge in [0.25, 0.3) is 0 Å². The maximum Gasteiger partial charge on any atom is 0.0991 e. The van der Waals surface area contributed by atoms with Gasteiger partial charge in [-0.15, -0.1) is 0 Å². The van der Waals surface area contributed by atoms with Crippen LogP contribution in [0.15, 0.2) is 24.3 Å². The van der Waals surface area contributed by atoms with E-state index >= 15 is 0 Å². The number of hydrogen-bond acceptors (Lipinski definition) is 3. The smallest absolute Gasteiger partial charge is 0.0991 e. The zero-order valence-electron chi connectivity index (χ0n) is 12.3. The van der Waals surface area contributed by atoms with E-state index in [-0.39, 0.29) is 6.04 Å². The molecule has 0 saturated carbocycles. The first-order valence-corrected chi connectivity index (χ1v) is 7.17. The molecule has 0 bridgehead atoms. The Morgan fingerprint density at radius 2 is 2.11 bits per heavy atom. The standard InChI is InChI=1S/C16H25N3/c1-4-10-19(5-2)11-9-18-14(3)16-8-6-7-15(12-16)13-17/h6-8,12,14,18H,4-5,9-11H2,1-3H3. The van der Waals surface area contributed by atoms with Crippen molar-refractivity contribution in [2.75, 3.05) is 26.2 Å². The van der Waals surface area contributed by atoms with E-state index in [4.69, 9.17) is 5.26 Å². The van der Waals surface area contributed by atoms with Gasteiger partial charge in [-0.1, -0.05) is 26.0 Å². The molecule has 1 aromatic carbocycles. The molecule has 0 aliphatic carbocycles. The summed E-state index contributed by atoms with van der Waals surface area (Å²) < 4.78 is 0. The molecule has 0 saturated heterocycles. The van der Waals surface area contributed by atoms with E-state index in [1.54, 1.807) is 0 Å². The van der Waals surface area contributed by atoms with Crippen molar-refractivity contribution in [3.8, 4) is 6.07 Å². The Bertz CT molecular complexity index is 409. The second-order valence-corrected chi connectivity index (χ2v) is 4.85. The van der Waals surface area contributed by atoms with Crippen LogP contribution in [0.2, 0.25) is 0 Å². The summed E-state index contributed by atoms with van der Waals surface area (Å²) in [6.07, 6.45) is 1.20. The van der Waals surface area contributed by atoms with Crippen LogP contribution in [0.4, 0.5) is 0 Å². The second kappa shape index (κ2) is 8.68. The molecule has 0 aliphatic rings. The van der Waals surface area contributed by atoms with Gasteiger partial charge in [0.15, 0.2) is 0 Å². The second-order valence-electron chi connectivity index (χ2n) is 4.85. The lowest BCUT2D eigenvalue weighted by atomic mass is 10.1. The largest absolute Gasteiger partial charge is 0.309 e. The summed E-state index contributed by atoms with van der Waals surface area (Å²) in [5.74, 6) is 0. The maximum absolute atomic E-state index is 8.91. The average Bonchev–Trinajstić information content (AvgIpc) is 2.46. The van der Waals surface area contributed by atoms with Crippen LogP contribution in [0.1, 0.15) is 44.4 Å². The molecular weight excluding hydrogens is 234 g/mol. The highest BCUT2D eigenvalue weighted by molar-refractivity contribution is 5.33. The van der Waals surface area contributed by atoms with Crippen molar-refractivity contribution in [1.29, 1.82) is 5.26 Å². The van der Waals surface area contributed by atoms with Gasteiger partial charge in [-0.3, -0.25) is 0 Å². The summed E-state index contributed by atoms with van der Waals surface area (Å²) in [6.45, 7) is 10.9. The highest BCUT2D eigenvalue weighted by atomic mass is 15.1. The normalized spacial score (nSPS) is 12.4. The molecule has 1 aromatic rings. The molecule has 19 heavy (non-hydrogen) atoms. The summed E-state index contributed by atoms with van der Waals surface area (Å²) in [6, 6.07) is 10.3. The molecule has 1 unspecified atom stereocenters. The molecule has 1 atom stereocenters. The number of rotatable bonds is 8. The van der Waals surface area contributed by atoms with Crippen LogP contribution < -0.4 is 5.32 Å². The topological polar surface area (TPSA) is 39.1 Å². The molecular formula is C16H25N3. The van der Waals surface area contributed by atoms with Gasteiger partial charge in [-0.2, -0.15) is 5.26 Å². The predicted octanol–water partition coefficient (Wildman–Crippen LogP) is 2.94. The van der Waals surface area contributed by atoms with Gasteiger partial charge in [-0.25, -0.2) is 0 Å². The first-order chi connectivity index (χ1) is 9.21. The summed E-state index contributed by atoms with van der Waals surface area (Å²) in [7, 11) is 0. The molecule has 1 N–H and O–H groups in total. The highest BCUT2D eigenvalue weighted by Crippen LogP contribution is 2.13. The number of nitrogens with zero attached hydrogens (tertiary/aromatic N) is 2. The van der Waals surface area contributed by atoms with Crippen LogP contribution in [0, 0.1) is 11.3 Å². The Labute approximate surface area is 117 Å². The lowest BCUT2D eigenvalue weighted by Gasteiger charge is -2.21. The Hall–Kier alpha value is -1.37. The van der Waals surface area contributed by atoms with Gasteiger partial charge in [0.2, 0.25) is 0 Å². The predicted molar refractivity (Wildman–Crippen MR) is 80.0 cm³/mol. The van der Waals surface area contributed by atoms with Crippen molar-refractivity contribution in [3.63, 3.8) is 0 Å². The first-order valence-electron chi connectivity index (χ1n) is 7.17. The molecule has 1 rings (SSSR count). The summed E-state index contributed by atoms with van der Waals surface area (Å²) in [4.78, 5) is 2.45. The molecule has 0 radical (unpaired) electrons. The fraction of sp³-hybridized carbons (Fsp3) is 0.562. The Kier molecular flexibility index (Phi) is 7.17. The van der Waals surface area contributed by atoms with Gasteiger partial charge in [-0.05, 0) is 44.1 Å². The number of benzene rings is 1. The third-order valence-corrected chi connectivity index (χ3v) is 3.38. The van der Waals surface area contributed by atoms with E-state index in [9.17, 15) is 0 Å². The van der Waals surface area contributed by atoms with Gasteiger partial charge in [0.1, 0.15) is 0 Å². The van der Waals surface area contributed by atoms with Crippen LogP contribution >= 0.6 is 0 Å². The molecule has 3 heteroatoms. The molecule has 0 amide bonds. The van der Waals surface area contributed by atoms with Crippen LogP contribution in [0.3, 0.4) is 0 Å². The number of hydrogen-bond donors (Lipinski definition) is 1. The monoisotopic (exact) mass is 259 g/mol. The third kappa shape index (κ3) is 5.42. The van der Waals surface area contributed by atoms with E-state index in [0.29, 0.717) is 0 Å². The maximum atomic E-state index is 8.91. The molecule has 0 heterocycles. The zero-order valence-corrected chi connectivity index (χ0v) is 12.3. The number of likely N-dealkylation sites (N-methyl/N-ethyl adjacent to an activating group) is 1. The summed E-state index contributed by atoms with van der Waals surface area (Å²) >= 11 is 0. The average molecular weight is 259 g/mol. The van der Waals surface area contributed by atoms with Crippen LogP contribution in [0.25, 0.3) is 0 Å². The van der Waals surface area contributed by atoms with Gasteiger partial charge in [0.05, 0.1) is 11.6 Å². The van der Waals surface area contributed by atoms with Gasteiger partial charge in [0, 0.05) is 19.1 Å².